The molecule has 0 saturated carbocycles. The van der Waals surface area contributed by atoms with E-state index in [1.165, 1.54) is 0 Å². The summed E-state index contributed by atoms with van der Waals surface area (Å²) in [5.41, 5.74) is 3.63. The summed E-state index contributed by atoms with van der Waals surface area (Å²) in [5.74, 6) is 0.701. The van der Waals surface area contributed by atoms with E-state index in [2.05, 4.69) is 16.7 Å². The Kier molecular flexibility index (Phi) is 8.95. The molecule has 0 saturated heterocycles. The van der Waals surface area contributed by atoms with Crippen molar-refractivity contribution in [1.29, 1.82) is 5.26 Å². The van der Waals surface area contributed by atoms with Gasteiger partial charge in [-0.05, 0) is 53.1 Å². The number of hydrogen-bond donors (Lipinski definition) is 3. The molecular weight excluding hydrogens is 478 g/mol. The molecule has 4 aromatic carbocycles. The molecule has 0 radical (unpaired) electrons. The van der Waals surface area contributed by atoms with Crippen LogP contribution in [0.25, 0.3) is 0 Å². The third-order valence-electron chi connectivity index (χ3n) is 6.05. The van der Waals surface area contributed by atoms with E-state index in [-0.39, 0.29) is 12.5 Å². The Bertz CT molecular complexity index is 1370. The third-order valence-corrected chi connectivity index (χ3v) is 6.05. The molecule has 192 valence electrons. The summed E-state index contributed by atoms with van der Waals surface area (Å²) in [6.07, 6.45) is 0. The molecule has 0 spiro atoms. The van der Waals surface area contributed by atoms with Crippen LogP contribution in [0.4, 0.5) is 5.69 Å². The predicted molar refractivity (Wildman–Crippen MR) is 146 cm³/mol. The fraction of sp³-hybridized carbons (Fsp3) is 0.161. The average molecular weight is 508 g/mol. The Morgan fingerprint density at radius 2 is 1.58 bits per heavy atom. The summed E-state index contributed by atoms with van der Waals surface area (Å²) < 4.78 is 11.6. The van der Waals surface area contributed by atoms with Gasteiger partial charge in [0, 0.05) is 5.69 Å². The zero-order valence-corrected chi connectivity index (χ0v) is 21.0. The van der Waals surface area contributed by atoms with E-state index < -0.39 is 12.1 Å². The smallest absolute Gasteiger partial charge is 0.247 e. The molecule has 0 aliphatic carbocycles. The van der Waals surface area contributed by atoms with Gasteiger partial charge in [0.05, 0.1) is 31.4 Å². The molecule has 7 heteroatoms. The molecule has 0 bridgehead atoms. The van der Waals surface area contributed by atoms with E-state index in [4.69, 9.17) is 14.7 Å². The minimum absolute atomic E-state index is 0.255. The highest BCUT2D eigenvalue weighted by Gasteiger charge is 2.25. The van der Waals surface area contributed by atoms with Crippen LogP contribution in [-0.4, -0.2) is 24.7 Å². The molecule has 0 aliphatic heterocycles. The van der Waals surface area contributed by atoms with Gasteiger partial charge in [-0.2, -0.15) is 5.26 Å². The van der Waals surface area contributed by atoms with Crippen LogP contribution in [0.1, 0.15) is 34.3 Å². The molecule has 4 aromatic rings. The van der Waals surface area contributed by atoms with Gasteiger partial charge in [0.1, 0.15) is 12.6 Å². The monoisotopic (exact) mass is 507 g/mol. The van der Waals surface area contributed by atoms with Gasteiger partial charge in [-0.15, -0.1) is 0 Å². The number of nitrogens with zero attached hydrogens (tertiary/aromatic N) is 1. The van der Waals surface area contributed by atoms with Crippen molar-refractivity contribution in [3.05, 3.63) is 125 Å². The first-order valence-electron chi connectivity index (χ1n) is 12.2. The first-order chi connectivity index (χ1) is 18.6. The highest BCUT2D eigenvalue weighted by Crippen LogP contribution is 2.33. The number of amides is 1. The topological polar surface area (TPSA) is 104 Å². The molecule has 4 rings (SSSR count). The van der Waals surface area contributed by atoms with Crippen LogP contribution >= 0.6 is 0 Å². The number of aliphatic hydroxyl groups is 1. The van der Waals surface area contributed by atoms with Crippen LogP contribution in [0.3, 0.4) is 0 Å². The van der Waals surface area contributed by atoms with E-state index in [1.807, 2.05) is 60.7 Å². The average Bonchev–Trinajstić information content (AvgIpc) is 2.98. The molecule has 0 aromatic heterocycles. The zero-order valence-electron chi connectivity index (χ0n) is 21.0. The number of carbonyl (C=O) groups is 1. The Labute approximate surface area is 222 Å². The maximum Gasteiger partial charge on any atom is 0.247 e. The van der Waals surface area contributed by atoms with Gasteiger partial charge in [0.2, 0.25) is 5.91 Å². The maximum atomic E-state index is 13.6. The second kappa shape index (κ2) is 12.9. The molecular formula is C31H29N3O4. The lowest BCUT2D eigenvalue weighted by Crippen LogP contribution is -2.37. The lowest BCUT2D eigenvalue weighted by atomic mass is 10.0. The highest BCUT2D eigenvalue weighted by atomic mass is 16.5. The summed E-state index contributed by atoms with van der Waals surface area (Å²) in [7, 11) is 1.55. The van der Waals surface area contributed by atoms with Crippen molar-refractivity contribution in [2.75, 3.05) is 19.0 Å². The van der Waals surface area contributed by atoms with Gasteiger partial charge >= 0.3 is 0 Å². The van der Waals surface area contributed by atoms with Gasteiger partial charge in [-0.25, -0.2) is 0 Å². The van der Waals surface area contributed by atoms with Crippen LogP contribution in [0, 0.1) is 11.3 Å². The number of benzene rings is 4. The molecule has 0 heterocycles. The number of ether oxygens (including phenoxy) is 2. The number of hydrogen-bond acceptors (Lipinski definition) is 6. The fourth-order valence-corrected chi connectivity index (χ4v) is 4.00. The van der Waals surface area contributed by atoms with Crippen molar-refractivity contribution in [1.82, 2.24) is 5.32 Å². The summed E-state index contributed by atoms with van der Waals surface area (Å²) in [6, 6.07) is 32.0. The van der Waals surface area contributed by atoms with E-state index in [1.54, 1.807) is 49.6 Å². The standard InChI is InChI=1S/C31H29N3O4/c1-37-29-18-25(14-17-28(29)38-21-23-8-4-2-5-9-23)30(33-26-15-12-22(19-32)13-16-26)31(36)34-27(20-35)24-10-6-3-7-11-24/h2-18,27,30,33,35H,20-21H2,1H3,(H,34,36)/t27-,30+/m0/s1. The van der Waals surface area contributed by atoms with Gasteiger partial charge in [0.25, 0.3) is 0 Å². The largest absolute Gasteiger partial charge is 0.493 e. The molecule has 2 atom stereocenters. The third kappa shape index (κ3) is 6.69. The van der Waals surface area contributed by atoms with E-state index in [9.17, 15) is 9.90 Å². The SMILES string of the molecule is COc1cc([C@@H](Nc2ccc(C#N)cc2)C(=O)N[C@@H](CO)c2ccccc2)ccc1OCc1ccccc1. The lowest BCUT2D eigenvalue weighted by molar-refractivity contribution is -0.123. The van der Waals surface area contributed by atoms with E-state index in [0.717, 1.165) is 11.1 Å². The minimum Gasteiger partial charge on any atom is -0.493 e. The Morgan fingerprint density at radius 1 is 0.895 bits per heavy atom. The quantitative estimate of drug-likeness (QED) is 0.259. The summed E-state index contributed by atoms with van der Waals surface area (Å²) in [5, 5.41) is 25.3. The number of methoxy groups -OCH3 is 1. The molecule has 0 unspecified atom stereocenters. The second-order valence-corrected chi connectivity index (χ2v) is 8.61. The number of nitrogens with one attached hydrogen (secondary N) is 2. The minimum atomic E-state index is -0.822. The van der Waals surface area contributed by atoms with Crippen molar-refractivity contribution in [3.63, 3.8) is 0 Å². The summed E-state index contributed by atoms with van der Waals surface area (Å²) in [4.78, 5) is 13.6. The Balaban J connectivity index is 1.61. The van der Waals surface area contributed by atoms with Crippen LogP contribution in [0.15, 0.2) is 103 Å². The van der Waals surface area contributed by atoms with E-state index in [0.29, 0.717) is 34.9 Å². The van der Waals surface area contributed by atoms with Gasteiger partial charge in [0.15, 0.2) is 11.5 Å². The first kappa shape index (κ1) is 26.3. The number of rotatable bonds is 11. The molecule has 7 nitrogen and oxygen atoms in total. The molecule has 0 fully saturated rings. The van der Waals surface area contributed by atoms with Crippen molar-refractivity contribution in [3.8, 4) is 17.6 Å². The highest BCUT2D eigenvalue weighted by molar-refractivity contribution is 5.86. The van der Waals surface area contributed by atoms with Gasteiger partial charge in [-0.3, -0.25) is 4.79 Å². The normalized spacial score (nSPS) is 12.0. The van der Waals surface area contributed by atoms with Crippen molar-refractivity contribution < 1.29 is 19.4 Å². The molecule has 1 amide bonds. The van der Waals surface area contributed by atoms with Crippen LogP contribution in [0.2, 0.25) is 0 Å². The lowest BCUT2D eigenvalue weighted by Gasteiger charge is -2.24. The number of carbonyl (C=O) groups excluding carboxylic acids is 1. The molecule has 3 N–H and O–H groups in total. The predicted octanol–water partition coefficient (Wildman–Crippen LogP) is 5.15. The number of aliphatic hydroxyl groups excluding tert-OH is 1. The van der Waals surface area contributed by atoms with Crippen molar-refractivity contribution >= 4 is 11.6 Å². The maximum absolute atomic E-state index is 13.6. The van der Waals surface area contributed by atoms with Gasteiger partial charge in [-0.1, -0.05) is 66.7 Å². The Morgan fingerprint density at radius 3 is 2.21 bits per heavy atom. The number of anilines is 1. The van der Waals surface area contributed by atoms with Crippen LogP contribution in [0.5, 0.6) is 11.5 Å². The Hall–Kier alpha value is -4.80. The summed E-state index contributed by atoms with van der Waals surface area (Å²) >= 11 is 0. The second-order valence-electron chi connectivity index (χ2n) is 8.61. The fourth-order valence-electron chi connectivity index (χ4n) is 4.00. The van der Waals surface area contributed by atoms with Crippen LogP contribution < -0.4 is 20.1 Å². The zero-order chi connectivity index (χ0) is 26.7. The van der Waals surface area contributed by atoms with Gasteiger partial charge < -0.3 is 25.2 Å². The van der Waals surface area contributed by atoms with Crippen molar-refractivity contribution in [2.24, 2.45) is 0 Å². The number of nitriles is 1. The summed E-state index contributed by atoms with van der Waals surface area (Å²) in [6.45, 7) is 0.119. The van der Waals surface area contributed by atoms with Crippen molar-refractivity contribution in [2.45, 2.75) is 18.7 Å². The van der Waals surface area contributed by atoms with E-state index >= 15 is 0 Å². The van der Waals surface area contributed by atoms with Crippen LogP contribution in [-0.2, 0) is 11.4 Å². The molecule has 38 heavy (non-hydrogen) atoms. The first-order valence-corrected chi connectivity index (χ1v) is 12.2. The molecule has 0 aliphatic rings.